The number of hydrogen-bond donors (Lipinski definition) is 1. The Hall–Kier alpha value is -2.64. The summed E-state index contributed by atoms with van der Waals surface area (Å²) >= 11 is 0. The average Bonchev–Trinajstić information content (AvgIpc) is 3.54. The number of hydrogen-bond acceptors (Lipinski definition) is 7. The summed E-state index contributed by atoms with van der Waals surface area (Å²) in [5, 5.41) is 9.10. The van der Waals surface area contributed by atoms with Crippen LogP contribution in [-0.2, 0) is 33.4 Å². The smallest absolute Gasteiger partial charge is 0.313 e. The van der Waals surface area contributed by atoms with E-state index in [4.69, 9.17) is 19.3 Å². The van der Waals surface area contributed by atoms with Crippen molar-refractivity contribution in [3.05, 3.63) is 25.3 Å². The lowest BCUT2D eigenvalue weighted by Crippen LogP contribution is -2.29. The number of carboxylic acids is 1. The van der Waals surface area contributed by atoms with Gasteiger partial charge in [-0.25, -0.2) is 0 Å². The third-order valence-corrected chi connectivity index (χ3v) is 5.70. The number of esters is 3. The molecule has 2 aliphatic rings. The number of rotatable bonds is 9. The van der Waals surface area contributed by atoms with E-state index in [0.717, 1.165) is 0 Å². The molecule has 2 aliphatic carbocycles. The van der Waals surface area contributed by atoms with E-state index >= 15 is 0 Å². The molecular formula is C26H40O8. The summed E-state index contributed by atoms with van der Waals surface area (Å²) in [6.45, 7) is 20.0. The van der Waals surface area contributed by atoms with Gasteiger partial charge in [0.15, 0.2) is 0 Å². The predicted molar refractivity (Wildman–Crippen MR) is 127 cm³/mol. The third kappa shape index (κ3) is 7.99. The lowest BCUT2D eigenvalue weighted by atomic mass is 9.99. The summed E-state index contributed by atoms with van der Waals surface area (Å²) in [5.41, 5.74) is -2.81. The van der Waals surface area contributed by atoms with Gasteiger partial charge >= 0.3 is 23.9 Å². The first kappa shape index (κ1) is 29.4. The van der Waals surface area contributed by atoms with Gasteiger partial charge in [-0.1, -0.05) is 12.2 Å². The molecular weight excluding hydrogens is 440 g/mol. The van der Waals surface area contributed by atoms with Gasteiger partial charge in [0.2, 0.25) is 0 Å². The molecule has 192 valence electrons. The molecule has 2 saturated carbocycles. The first-order valence-corrected chi connectivity index (χ1v) is 11.6. The molecule has 0 radical (unpaired) electrons. The SMILES string of the molecule is C=C[C@@H]1C[C@]1(CC(=O)OC(C)(C)C)C(=O)OCC.C=C[C@H]1C[C@@]1(CC(=O)OC(C)(C)C)C(=O)O. The van der Waals surface area contributed by atoms with Crippen LogP contribution < -0.4 is 0 Å². The average molecular weight is 481 g/mol. The van der Waals surface area contributed by atoms with E-state index in [2.05, 4.69) is 13.2 Å². The molecule has 2 rings (SSSR count). The number of allylic oxidation sites excluding steroid dienone is 2. The van der Waals surface area contributed by atoms with Crippen LogP contribution in [0.1, 0.15) is 74.1 Å². The predicted octanol–water partition coefficient (Wildman–Crippen LogP) is 4.47. The lowest BCUT2D eigenvalue weighted by molar-refractivity contribution is -0.163. The molecule has 8 heteroatoms. The van der Waals surface area contributed by atoms with Gasteiger partial charge in [-0.3, -0.25) is 19.2 Å². The van der Waals surface area contributed by atoms with E-state index in [9.17, 15) is 19.2 Å². The fourth-order valence-electron chi connectivity index (χ4n) is 3.86. The molecule has 0 amide bonds. The Labute approximate surface area is 202 Å². The van der Waals surface area contributed by atoms with E-state index in [-0.39, 0.29) is 36.6 Å². The maximum absolute atomic E-state index is 11.9. The highest BCUT2D eigenvalue weighted by molar-refractivity contribution is 5.87. The summed E-state index contributed by atoms with van der Waals surface area (Å²) in [6, 6.07) is 0. The van der Waals surface area contributed by atoms with E-state index in [0.29, 0.717) is 19.4 Å². The molecule has 4 atom stereocenters. The molecule has 0 aromatic carbocycles. The molecule has 0 heterocycles. The molecule has 2 fully saturated rings. The van der Waals surface area contributed by atoms with Gasteiger partial charge in [-0.2, -0.15) is 0 Å². The lowest BCUT2D eigenvalue weighted by Gasteiger charge is -2.21. The summed E-state index contributed by atoms with van der Waals surface area (Å²) in [5.74, 6) is -2.18. The highest BCUT2D eigenvalue weighted by Gasteiger charge is 2.61. The fourth-order valence-corrected chi connectivity index (χ4v) is 3.86. The Morgan fingerprint density at radius 1 is 0.853 bits per heavy atom. The minimum Gasteiger partial charge on any atom is -0.481 e. The molecule has 0 spiro atoms. The number of aliphatic carboxylic acids is 1. The zero-order chi connectivity index (χ0) is 26.5. The minimum absolute atomic E-state index is 0.0177. The topological polar surface area (TPSA) is 116 Å². The Kier molecular flexibility index (Phi) is 9.29. The highest BCUT2D eigenvalue weighted by Crippen LogP contribution is 2.57. The third-order valence-electron chi connectivity index (χ3n) is 5.70. The summed E-state index contributed by atoms with van der Waals surface area (Å²) in [4.78, 5) is 46.4. The van der Waals surface area contributed by atoms with Crippen molar-refractivity contribution >= 4 is 23.9 Å². The van der Waals surface area contributed by atoms with Crippen LogP contribution in [-0.4, -0.2) is 46.8 Å². The maximum atomic E-state index is 11.9. The van der Waals surface area contributed by atoms with Crippen molar-refractivity contribution in [1.82, 2.24) is 0 Å². The van der Waals surface area contributed by atoms with Crippen molar-refractivity contribution in [2.24, 2.45) is 22.7 Å². The number of carbonyl (C=O) groups excluding carboxylic acids is 3. The van der Waals surface area contributed by atoms with Gasteiger partial charge in [0.25, 0.3) is 0 Å². The first-order valence-electron chi connectivity index (χ1n) is 11.6. The van der Waals surface area contributed by atoms with Crippen LogP contribution in [0.3, 0.4) is 0 Å². The number of carboxylic acid groups (broad SMARTS) is 1. The van der Waals surface area contributed by atoms with Gasteiger partial charge < -0.3 is 19.3 Å². The monoisotopic (exact) mass is 480 g/mol. The Bertz CT molecular complexity index is 816. The zero-order valence-corrected chi connectivity index (χ0v) is 21.6. The Morgan fingerprint density at radius 3 is 1.53 bits per heavy atom. The normalized spacial score (nSPS) is 27.3. The van der Waals surface area contributed by atoms with E-state index in [1.807, 2.05) is 0 Å². The van der Waals surface area contributed by atoms with Crippen LogP contribution >= 0.6 is 0 Å². The fraction of sp³-hybridized carbons (Fsp3) is 0.692. The number of ether oxygens (including phenoxy) is 3. The van der Waals surface area contributed by atoms with Crippen LogP contribution in [0.15, 0.2) is 25.3 Å². The minimum atomic E-state index is -0.968. The van der Waals surface area contributed by atoms with Gasteiger partial charge in [-0.05, 0) is 73.1 Å². The Balaban J connectivity index is 0.000000342. The maximum Gasteiger partial charge on any atom is 0.313 e. The van der Waals surface area contributed by atoms with Crippen LogP contribution in [0.2, 0.25) is 0 Å². The van der Waals surface area contributed by atoms with E-state index in [1.54, 1.807) is 60.6 Å². The summed E-state index contributed by atoms with van der Waals surface area (Å²) in [6.07, 6.45) is 4.40. The summed E-state index contributed by atoms with van der Waals surface area (Å²) in [7, 11) is 0. The van der Waals surface area contributed by atoms with Crippen LogP contribution in [0.25, 0.3) is 0 Å². The first-order chi connectivity index (χ1) is 15.5. The molecule has 0 aromatic heterocycles. The Morgan fingerprint density at radius 2 is 1.24 bits per heavy atom. The highest BCUT2D eigenvalue weighted by atomic mass is 16.6. The van der Waals surface area contributed by atoms with Crippen molar-refractivity contribution in [3.63, 3.8) is 0 Å². The second-order valence-corrected chi connectivity index (χ2v) is 11.0. The van der Waals surface area contributed by atoms with E-state index in [1.165, 1.54) is 0 Å². The molecule has 0 unspecified atom stereocenters. The van der Waals surface area contributed by atoms with Gasteiger partial charge in [0.05, 0.1) is 30.3 Å². The zero-order valence-electron chi connectivity index (χ0n) is 21.6. The van der Waals surface area contributed by atoms with Crippen LogP contribution in [0, 0.1) is 22.7 Å². The molecule has 0 aromatic rings. The second-order valence-electron chi connectivity index (χ2n) is 11.0. The van der Waals surface area contributed by atoms with Crippen molar-refractivity contribution < 1.29 is 38.5 Å². The van der Waals surface area contributed by atoms with Crippen molar-refractivity contribution in [2.45, 2.75) is 85.4 Å². The molecule has 34 heavy (non-hydrogen) atoms. The largest absolute Gasteiger partial charge is 0.481 e. The molecule has 8 nitrogen and oxygen atoms in total. The van der Waals surface area contributed by atoms with Crippen LogP contribution in [0.4, 0.5) is 0 Å². The molecule has 0 aliphatic heterocycles. The van der Waals surface area contributed by atoms with Crippen LogP contribution in [0.5, 0.6) is 0 Å². The quantitative estimate of drug-likeness (QED) is 0.292. The van der Waals surface area contributed by atoms with Crippen molar-refractivity contribution in [3.8, 4) is 0 Å². The van der Waals surface area contributed by atoms with Gasteiger partial charge in [0.1, 0.15) is 11.2 Å². The molecule has 1 N–H and O–H groups in total. The van der Waals surface area contributed by atoms with Crippen molar-refractivity contribution in [1.29, 1.82) is 0 Å². The van der Waals surface area contributed by atoms with E-state index < -0.39 is 34.0 Å². The molecule has 0 bridgehead atoms. The standard InChI is InChI=1S/C14H22O4.C12H18O4/c1-6-10-8-14(10,12(16)17-7-2)9-11(15)18-13(3,4)5;1-5-8-6-12(8,10(14)15)7-9(13)16-11(2,3)4/h6,10H,1,7-9H2,2-5H3;5,8H,1,6-7H2,2-4H3,(H,14,15)/t10-,14-;8-,12-/m10/s1. The summed E-state index contributed by atoms with van der Waals surface area (Å²) < 4.78 is 15.4. The van der Waals surface area contributed by atoms with Gasteiger partial charge in [0, 0.05) is 0 Å². The van der Waals surface area contributed by atoms with Crippen molar-refractivity contribution in [2.75, 3.05) is 6.61 Å². The van der Waals surface area contributed by atoms with Gasteiger partial charge in [-0.15, -0.1) is 13.2 Å². The molecule has 0 saturated heterocycles. The number of carbonyl (C=O) groups is 4. The second kappa shape index (κ2) is 10.7.